The minimum absolute atomic E-state index is 0.00124. The summed E-state index contributed by atoms with van der Waals surface area (Å²) in [4.78, 5) is 15.4. The highest BCUT2D eigenvalue weighted by molar-refractivity contribution is 5.59. The fraction of sp³-hybridized carbons (Fsp3) is 0.333. The van der Waals surface area contributed by atoms with E-state index in [2.05, 4.69) is 27.4 Å². The van der Waals surface area contributed by atoms with Gasteiger partial charge in [0, 0.05) is 37.4 Å². The van der Waals surface area contributed by atoms with E-state index in [9.17, 15) is 4.79 Å². The quantitative estimate of drug-likeness (QED) is 0.774. The maximum Gasteiger partial charge on any atom is 0.351 e. The molecule has 4 rings (SSSR count). The van der Waals surface area contributed by atoms with Crippen LogP contribution >= 0.6 is 0 Å². The lowest BCUT2D eigenvalue weighted by Crippen LogP contribution is -2.43. The van der Waals surface area contributed by atoms with E-state index in [-0.39, 0.29) is 11.7 Å². The Hall–Kier alpha value is -2.86. The summed E-state index contributed by atoms with van der Waals surface area (Å²) in [6, 6.07) is 18.1. The van der Waals surface area contributed by atoms with Crippen molar-refractivity contribution in [2.75, 3.05) is 31.1 Å². The maximum absolute atomic E-state index is 13.0. The van der Waals surface area contributed by atoms with Gasteiger partial charge in [0.05, 0.1) is 11.7 Å². The van der Waals surface area contributed by atoms with Gasteiger partial charge in [-0.05, 0) is 38.1 Å². The minimum Gasteiger partial charge on any atom is -0.369 e. The summed E-state index contributed by atoms with van der Waals surface area (Å²) in [6.45, 7) is 7.95. The highest BCUT2D eigenvalue weighted by atomic mass is 16.2. The lowest BCUT2D eigenvalue weighted by molar-refractivity contribution is 0.512. The molecule has 0 amide bonds. The van der Waals surface area contributed by atoms with Crippen molar-refractivity contribution in [1.82, 2.24) is 19.7 Å². The van der Waals surface area contributed by atoms with Crippen LogP contribution in [0.5, 0.6) is 0 Å². The molecule has 1 fully saturated rings. The Morgan fingerprint density at radius 2 is 1.56 bits per heavy atom. The van der Waals surface area contributed by atoms with E-state index in [0.29, 0.717) is 5.82 Å². The number of anilines is 1. The van der Waals surface area contributed by atoms with Crippen molar-refractivity contribution >= 4 is 5.69 Å². The van der Waals surface area contributed by atoms with Gasteiger partial charge in [0.2, 0.25) is 0 Å². The SMILES string of the molecule is CC(C)n1nc(-c2ccccc2)n(-c2ccc(N3CCNCC3)cc2)c1=O. The molecule has 0 aliphatic carbocycles. The molecular weight excluding hydrogens is 338 g/mol. The zero-order valence-electron chi connectivity index (χ0n) is 15.8. The van der Waals surface area contributed by atoms with Crippen molar-refractivity contribution in [3.63, 3.8) is 0 Å². The number of rotatable bonds is 4. The summed E-state index contributed by atoms with van der Waals surface area (Å²) in [5.41, 5.74) is 2.84. The Bertz CT molecular complexity index is 950. The minimum atomic E-state index is -0.112. The van der Waals surface area contributed by atoms with E-state index in [0.717, 1.165) is 37.4 Å². The molecule has 1 aromatic heterocycles. The molecule has 0 unspecified atom stereocenters. The first-order valence-corrected chi connectivity index (χ1v) is 9.48. The fourth-order valence-corrected chi connectivity index (χ4v) is 3.46. The maximum atomic E-state index is 13.0. The Labute approximate surface area is 159 Å². The number of nitrogens with one attached hydrogen (secondary N) is 1. The van der Waals surface area contributed by atoms with E-state index in [1.165, 1.54) is 5.69 Å². The first-order valence-electron chi connectivity index (χ1n) is 9.48. The Balaban J connectivity index is 1.77. The van der Waals surface area contributed by atoms with Crippen LogP contribution in [-0.4, -0.2) is 40.5 Å². The van der Waals surface area contributed by atoms with Crippen LogP contribution in [0.1, 0.15) is 19.9 Å². The predicted molar refractivity (Wildman–Crippen MR) is 109 cm³/mol. The Kier molecular flexibility index (Phi) is 4.81. The molecule has 1 aliphatic rings. The first-order chi connectivity index (χ1) is 13.1. The molecule has 6 heteroatoms. The lowest BCUT2D eigenvalue weighted by atomic mass is 10.2. The van der Waals surface area contributed by atoms with Gasteiger partial charge in [0.15, 0.2) is 5.82 Å². The van der Waals surface area contributed by atoms with E-state index < -0.39 is 0 Å². The van der Waals surface area contributed by atoms with Gasteiger partial charge in [-0.1, -0.05) is 30.3 Å². The van der Waals surface area contributed by atoms with E-state index in [1.54, 1.807) is 9.25 Å². The van der Waals surface area contributed by atoms with Crippen molar-refractivity contribution in [2.24, 2.45) is 0 Å². The van der Waals surface area contributed by atoms with Gasteiger partial charge in [-0.3, -0.25) is 0 Å². The molecule has 140 valence electrons. The van der Waals surface area contributed by atoms with Crippen LogP contribution in [0.4, 0.5) is 5.69 Å². The van der Waals surface area contributed by atoms with Gasteiger partial charge in [0.1, 0.15) is 0 Å². The third kappa shape index (κ3) is 3.40. The second-order valence-electron chi connectivity index (χ2n) is 7.10. The average Bonchev–Trinajstić information content (AvgIpc) is 3.07. The van der Waals surface area contributed by atoms with Crippen molar-refractivity contribution < 1.29 is 0 Å². The summed E-state index contributed by atoms with van der Waals surface area (Å²) < 4.78 is 3.25. The van der Waals surface area contributed by atoms with Crippen LogP contribution in [0.3, 0.4) is 0 Å². The first kappa shape index (κ1) is 17.5. The van der Waals surface area contributed by atoms with E-state index >= 15 is 0 Å². The number of hydrogen-bond acceptors (Lipinski definition) is 4. The fourth-order valence-electron chi connectivity index (χ4n) is 3.46. The molecule has 0 saturated carbocycles. The van der Waals surface area contributed by atoms with Crippen LogP contribution in [0, 0.1) is 0 Å². The molecule has 2 aromatic carbocycles. The molecule has 0 atom stereocenters. The highest BCUT2D eigenvalue weighted by Crippen LogP contribution is 2.22. The van der Waals surface area contributed by atoms with Gasteiger partial charge in [0.25, 0.3) is 0 Å². The molecule has 27 heavy (non-hydrogen) atoms. The molecule has 3 aromatic rings. The van der Waals surface area contributed by atoms with Gasteiger partial charge in [-0.15, -0.1) is 5.10 Å². The lowest BCUT2D eigenvalue weighted by Gasteiger charge is -2.29. The van der Waals surface area contributed by atoms with Crippen molar-refractivity contribution in [1.29, 1.82) is 0 Å². The van der Waals surface area contributed by atoms with Gasteiger partial charge in [-0.25, -0.2) is 14.0 Å². The molecule has 1 aliphatic heterocycles. The van der Waals surface area contributed by atoms with Gasteiger partial charge < -0.3 is 10.2 Å². The zero-order chi connectivity index (χ0) is 18.8. The van der Waals surface area contributed by atoms with Crippen LogP contribution in [0.2, 0.25) is 0 Å². The van der Waals surface area contributed by atoms with E-state index in [4.69, 9.17) is 0 Å². The third-order valence-corrected chi connectivity index (χ3v) is 4.91. The summed E-state index contributed by atoms with van der Waals surface area (Å²) >= 11 is 0. The molecular formula is C21H25N5O. The average molecular weight is 363 g/mol. The summed E-state index contributed by atoms with van der Waals surface area (Å²) in [7, 11) is 0. The van der Waals surface area contributed by atoms with Gasteiger partial charge in [-0.2, -0.15) is 0 Å². The normalized spacial score (nSPS) is 14.7. The van der Waals surface area contributed by atoms with Crippen molar-refractivity contribution in [2.45, 2.75) is 19.9 Å². The molecule has 0 radical (unpaired) electrons. The largest absolute Gasteiger partial charge is 0.369 e. The van der Waals surface area contributed by atoms with Crippen molar-refractivity contribution in [3.05, 3.63) is 65.1 Å². The molecule has 1 N–H and O–H groups in total. The summed E-state index contributed by atoms with van der Waals surface area (Å²) in [5.74, 6) is 0.671. The Morgan fingerprint density at radius 3 is 2.19 bits per heavy atom. The number of benzene rings is 2. The van der Waals surface area contributed by atoms with E-state index in [1.807, 2.05) is 56.3 Å². The van der Waals surface area contributed by atoms with Crippen molar-refractivity contribution in [3.8, 4) is 17.1 Å². The molecule has 0 bridgehead atoms. The summed E-state index contributed by atoms with van der Waals surface area (Å²) in [6.07, 6.45) is 0. The van der Waals surface area contributed by atoms with Crippen LogP contribution < -0.4 is 15.9 Å². The molecule has 2 heterocycles. The van der Waals surface area contributed by atoms with Crippen LogP contribution in [-0.2, 0) is 0 Å². The Morgan fingerprint density at radius 1 is 0.926 bits per heavy atom. The topological polar surface area (TPSA) is 55.1 Å². The number of piperazine rings is 1. The van der Waals surface area contributed by atoms with Crippen LogP contribution in [0.25, 0.3) is 17.1 Å². The smallest absolute Gasteiger partial charge is 0.351 e. The number of hydrogen-bond donors (Lipinski definition) is 1. The van der Waals surface area contributed by atoms with Crippen LogP contribution in [0.15, 0.2) is 59.4 Å². The number of aromatic nitrogens is 3. The monoisotopic (exact) mass is 363 g/mol. The molecule has 1 saturated heterocycles. The molecule has 6 nitrogen and oxygen atoms in total. The highest BCUT2D eigenvalue weighted by Gasteiger charge is 2.18. The standard InChI is InChI=1S/C21H25N5O/c1-16(2)26-21(27)25(20(23-26)17-6-4-3-5-7-17)19-10-8-18(9-11-19)24-14-12-22-13-15-24/h3-11,16,22H,12-15H2,1-2H3. The third-order valence-electron chi connectivity index (χ3n) is 4.91. The number of nitrogens with zero attached hydrogens (tertiary/aromatic N) is 4. The predicted octanol–water partition coefficient (Wildman–Crippen LogP) is 2.69. The van der Waals surface area contributed by atoms with Gasteiger partial charge >= 0.3 is 5.69 Å². The summed E-state index contributed by atoms with van der Waals surface area (Å²) in [5, 5.41) is 7.99. The second kappa shape index (κ2) is 7.40. The zero-order valence-corrected chi connectivity index (χ0v) is 15.8. The molecule has 0 spiro atoms. The second-order valence-corrected chi connectivity index (χ2v) is 7.10.